The highest BCUT2D eigenvalue weighted by molar-refractivity contribution is 6.28. The van der Waals surface area contributed by atoms with E-state index in [9.17, 15) is 5.11 Å². The normalized spacial score (nSPS) is 17.5. The number of anilines is 1. The molecule has 1 aliphatic carbocycles. The van der Waals surface area contributed by atoms with Gasteiger partial charge in [-0.05, 0) is 38.3 Å². The molecule has 0 amide bonds. The first-order valence-electron chi connectivity index (χ1n) is 6.90. The lowest BCUT2D eigenvalue weighted by atomic mass is 10.0. The van der Waals surface area contributed by atoms with Gasteiger partial charge in [0.1, 0.15) is 0 Å². The van der Waals surface area contributed by atoms with E-state index in [4.69, 9.17) is 16.3 Å². The Bertz CT molecular complexity index is 464. The maximum atomic E-state index is 10.4. The molecule has 2 rings (SSSR count). The fourth-order valence-electron chi connectivity index (χ4n) is 2.46. The highest BCUT2D eigenvalue weighted by Gasteiger charge is 2.33. The van der Waals surface area contributed by atoms with Gasteiger partial charge in [0.05, 0.1) is 11.7 Å². The van der Waals surface area contributed by atoms with Crippen LogP contribution in [0.15, 0.2) is 0 Å². The first-order chi connectivity index (χ1) is 9.38. The molecule has 0 atom stereocenters. The second kappa shape index (κ2) is 6.10. The number of ether oxygens (including phenoxy) is 1. The number of nitrogens with zero attached hydrogens (tertiary/aromatic N) is 4. The summed E-state index contributed by atoms with van der Waals surface area (Å²) in [7, 11) is 1.83. The van der Waals surface area contributed by atoms with Crippen LogP contribution in [0, 0.1) is 0 Å². The molecule has 6 nitrogen and oxygen atoms in total. The Morgan fingerprint density at radius 2 is 1.95 bits per heavy atom. The largest absolute Gasteiger partial charge is 0.461 e. The maximum Gasteiger partial charge on any atom is 0.322 e. The molecule has 0 aromatic carbocycles. The molecule has 0 unspecified atom stereocenters. The van der Waals surface area contributed by atoms with E-state index < -0.39 is 5.60 Å². The zero-order valence-electron chi connectivity index (χ0n) is 12.1. The van der Waals surface area contributed by atoms with Gasteiger partial charge in [-0.1, -0.05) is 12.8 Å². The van der Waals surface area contributed by atoms with E-state index in [2.05, 4.69) is 15.0 Å². The molecule has 0 aliphatic heterocycles. The maximum absolute atomic E-state index is 10.4. The number of hydrogen-bond acceptors (Lipinski definition) is 6. The van der Waals surface area contributed by atoms with Crippen LogP contribution in [0.4, 0.5) is 5.95 Å². The monoisotopic (exact) mass is 300 g/mol. The average Bonchev–Trinajstić information content (AvgIpc) is 2.74. The molecule has 1 N–H and O–H groups in total. The van der Waals surface area contributed by atoms with Crippen molar-refractivity contribution in [1.82, 2.24) is 15.0 Å². The summed E-state index contributed by atoms with van der Waals surface area (Å²) in [6.07, 6.45) is 3.70. The molecule has 1 aromatic rings. The van der Waals surface area contributed by atoms with Crippen LogP contribution in [-0.4, -0.2) is 45.4 Å². The van der Waals surface area contributed by atoms with Crippen molar-refractivity contribution >= 4 is 17.5 Å². The molecule has 20 heavy (non-hydrogen) atoms. The third-order valence-electron chi connectivity index (χ3n) is 3.32. The summed E-state index contributed by atoms with van der Waals surface area (Å²) >= 11 is 5.90. The van der Waals surface area contributed by atoms with Gasteiger partial charge < -0.3 is 14.7 Å². The van der Waals surface area contributed by atoms with Gasteiger partial charge in [0, 0.05) is 13.6 Å². The Hall–Kier alpha value is -1.14. The average molecular weight is 301 g/mol. The Morgan fingerprint density at radius 1 is 1.30 bits per heavy atom. The van der Waals surface area contributed by atoms with Crippen molar-refractivity contribution in [3.8, 4) is 6.01 Å². The second-order valence-electron chi connectivity index (χ2n) is 5.64. The van der Waals surface area contributed by atoms with Crippen molar-refractivity contribution in [2.75, 3.05) is 18.5 Å². The molecular weight excluding hydrogens is 280 g/mol. The lowest BCUT2D eigenvalue weighted by Crippen LogP contribution is -2.40. The molecule has 0 saturated heterocycles. The summed E-state index contributed by atoms with van der Waals surface area (Å²) in [5.41, 5.74) is -0.660. The van der Waals surface area contributed by atoms with E-state index in [0.717, 1.165) is 25.7 Å². The van der Waals surface area contributed by atoms with Gasteiger partial charge in [-0.3, -0.25) is 0 Å². The molecule has 1 fully saturated rings. The number of likely N-dealkylation sites (N-methyl/N-ethyl adjacent to an activating group) is 1. The summed E-state index contributed by atoms with van der Waals surface area (Å²) in [5.74, 6) is 0.418. The topological polar surface area (TPSA) is 71.4 Å². The number of aromatic nitrogens is 3. The van der Waals surface area contributed by atoms with Crippen LogP contribution in [0.2, 0.25) is 5.28 Å². The van der Waals surface area contributed by atoms with Crippen LogP contribution >= 0.6 is 11.6 Å². The molecule has 112 valence electrons. The molecule has 1 heterocycles. The van der Waals surface area contributed by atoms with Crippen molar-refractivity contribution < 1.29 is 9.84 Å². The summed E-state index contributed by atoms with van der Waals surface area (Å²) in [5, 5.41) is 10.5. The number of halogens is 1. The van der Waals surface area contributed by atoms with Gasteiger partial charge in [-0.2, -0.15) is 15.0 Å². The molecule has 0 spiro atoms. The summed E-state index contributed by atoms with van der Waals surface area (Å²) in [6, 6.07) is 0.209. The van der Waals surface area contributed by atoms with Crippen LogP contribution in [-0.2, 0) is 0 Å². The number of rotatable bonds is 5. The van der Waals surface area contributed by atoms with Crippen molar-refractivity contribution in [3.05, 3.63) is 5.28 Å². The van der Waals surface area contributed by atoms with Gasteiger partial charge in [0.25, 0.3) is 0 Å². The third-order valence-corrected chi connectivity index (χ3v) is 3.49. The Morgan fingerprint density at radius 3 is 2.55 bits per heavy atom. The Kier molecular flexibility index (Phi) is 4.65. The molecular formula is C13H21ClN4O2. The predicted molar refractivity (Wildman–Crippen MR) is 77.3 cm³/mol. The third kappa shape index (κ3) is 3.93. The van der Waals surface area contributed by atoms with Crippen molar-refractivity contribution in [3.63, 3.8) is 0 Å². The molecule has 0 bridgehead atoms. The van der Waals surface area contributed by atoms with Crippen molar-refractivity contribution in [2.45, 2.75) is 51.2 Å². The van der Waals surface area contributed by atoms with Gasteiger partial charge in [0.2, 0.25) is 11.2 Å². The molecule has 0 radical (unpaired) electrons. The lowest BCUT2D eigenvalue weighted by molar-refractivity contribution is 0.0555. The van der Waals surface area contributed by atoms with Crippen LogP contribution < -0.4 is 9.64 Å². The minimum atomic E-state index is -0.660. The van der Waals surface area contributed by atoms with Gasteiger partial charge in [-0.25, -0.2) is 0 Å². The highest BCUT2D eigenvalue weighted by Crippen LogP contribution is 2.30. The summed E-state index contributed by atoms with van der Waals surface area (Å²) < 4.78 is 5.45. The Labute approximate surface area is 124 Å². The van der Waals surface area contributed by atoms with E-state index in [-0.39, 0.29) is 17.4 Å². The number of hydrogen-bond donors (Lipinski definition) is 1. The Balaban J connectivity index is 2.12. The van der Waals surface area contributed by atoms with Crippen molar-refractivity contribution in [1.29, 1.82) is 0 Å². The van der Waals surface area contributed by atoms with E-state index in [1.165, 1.54) is 0 Å². The minimum Gasteiger partial charge on any atom is -0.461 e. The SMILES string of the molecule is CC(C)Oc1nc(Cl)nc(N(C)CC2(O)CCCC2)n1. The number of aliphatic hydroxyl groups is 1. The van der Waals surface area contributed by atoms with Gasteiger partial charge >= 0.3 is 6.01 Å². The lowest BCUT2D eigenvalue weighted by Gasteiger charge is -2.28. The van der Waals surface area contributed by atoms with E-state index in [0.29, 0.717) is 12.5 Å². The van der Waals surface area contributed by atoms with Gasteiger partial charge in [0.15, 0.2) is 0 Å². The quantitative estimate of drug-likeness (QED) is 0.897. The van der Waals surface area contributed by atoms with Crippen molar-refractivity contribution in [2.24, 2.45) is 0 Å². The van der Waals surface area contributed by atoms with Crippen LogP contribution in [0.3, 0.4) is 0 Å². The second-order valence-corrected chi connectivity index (χ2v) is 5.98. The first kappa shape index (κ1) is 15.3. The van der Waals surface area contributed by atoms with Crippen LogP contribution in [0.1, 0.15) is 39.5 Å². The first-order valence-corrected chi connectivity index (χ1v) is 7.27. The van der Waals surface area contributed by atoms with Crippen LogP contribution in [0.5, 0.6) is 6.01 Å². The smallest absolute Gasteiger partial charge is 0.322 e. The molecule has 1 aromatic heterocycles. The van der Waals surface area contributed by atoms with Crippen LogP contribution in [0.25, 0.3) is 0 Å². The van der Waals surface area contributed by atoms with E-state index in [1.54, 1.807) is 4.90 Å². The zero-order chi connectivity index (χ0) is 14.8. The molecule has 1 saturated carbocycles. The van der Waals surface area contributed by atoms with Gasteiger partial charge in [-0.15, -0.1) is 0 Å². The zero-order valence-corrected chi connectivity index (χ0v) is 12.9. The minimum absolute atomic E-state index is 0.0364. The van der Waals surface area contributed by atoms with E-state index >= 15 is 0 Å². The molecule has 1 aliphatic rings. The summed E-state index contributed by atoms with van der Waals surface area (Å²) in [6.45, 7) is 4.26. The van der Waals surface area contributed by atoms with E-state index in [1.807, 2.05) is 20.9 Å². The predicted octanol–water partition coefficient (Wildman–Crippen LogP) is 2.05. The fourth-order valence-corrected chi connectivity index (χ4v) is 2.61. The fraction of sp³-hybridized carbons (Fsp3) is 0.769. The highest BCUT2D eigenvalue weighted by atomic mass is 35.5. The standard InChI is InChI=1S/C13H21ClN4O2/c1-9(2)20-12-16-10(14)15-11(17-12)18(3)8-13(19)6-4-5-7-13/h9,19H,4-8H2,1-3H3. The molecule has 7 heteroatoms. The summed E-state index contributed by atoms with van der Waals surface area (Å²) in [4.78, 5) is 14.1.